The van der Waals surface area contributed by atoms with E-state index in [1.165, 1.54) is 35.6 Å². The molecule has 0 radical (unpaired) electrons. The predicted molar refractivity (Wildman–Crippen MR) is 123 cm³/mol. The molecule has 0 N–H and O–H groups in total. The Balaban J connectivity index is 1.74. The number of aromatic nitrogens is 1. The smallest absolute Gasteiger partial charge is 0.260 e. The number of nitrogens with zero attached hydrogens (tertiary/aromatic N) is 2. The first kappa shape index (κ1) is 21.0. The third-order valence-electron chi connectivity index (χ3n) is 4.77. The molecule has 3 aromatic carbocycles. The van der Waals surface area contributed by atoms with Gasteiger partial charge in [0, 0.05) is 17.9 Å². The second-order valence-corrected chi connectivity index (χ2v) is 10.0. The number of amides is 1. The minimum atomic E-state index is -3.34. The highest BCUT2D eigenvalue weighted by Gasteiger charge is 2.22. The highest BCUT2D eigenvalue weighted by Crippen LogP contribution is 2.33. The van der Waals surface area contributed by atoms with Gasteiger partial charge >= 0.3 is 0 Å². The molecule has 0 unspecified atom stereocenters. The molecule has 0 aliphatic carbocycles. The number of rotatable bonds is 6. The van der Waals surface area contributed by atoms with Gasteiger partial charge in [-0.2, -0.15) is 0 Å². The average molecular weight is 453 g/mol. The van der Waals surface area contributed by atoms with Crippen LogP contribution in [-0.2, 0) is 16.4 Å². The van der Waals surface area contributed by atoms with Crippen LogP contribution in [0.1, 0.15) is 15.9 Å². The Morgan fingerprint density at radius 1 is 1.03 bits per heavy atom. The van der Waals surface area contributed by atoms with Gasteiger partial charge in [0.25, 0.3) is 5.91 Å². The van der Waals surface area contributed by atoms with Crippen molar-refractivity contribution in [2.45, 2.75) is 11.4 Å². The lowest BCUT2D eigenvalue weighted by molar-refractivity contribution is 0.0985. The van der Waals surface area contributed by atoms with E-state index < -0.39 is 9.84 Å². The molecule has 0 bridgehead atoms. The van der Waals surface area contributed by atoms with Gasteiger partial charge < -0.3 is 4.74 Å². The molecule has 0 saturated carbocycles. The van der Waals surface area contributed by atoms with Crippen molar-refractivity contribution in [3.8, 4) is 5.75 Å². The zero-order valence-electron chi connectivity index (χ0n) is 17.0. The average Bonchev–Trinajstić information content (AvgIpc) is 3.20. The monoisotopic (exact) mass is 452 g/mol. The summed E-state index contributed by atoms with van der Waals surface area (Å²) in [5.41, 5.74) is 2.10. The summed E-state index contributed by atoms with van der Waals surface area (Å²) in [5, 5.41) is 0.560. The first-order valence-corrected chi connectivity index (χ1v) is 12.2. The van der Waals surface area contributed by atoms with Crippen molar-refractivity contribution in [2.24, 2.45) is 0 Å². The molecule has 6 nitrogen and oxygen atoms in total. The van der Waals surface area contributed by atoms with E-state index in [1.807, 2.05) is 48.5 Å². The fraction of sp³-hybridized carbons (Fsp3) is 0.130. The Morgan fingerprint density at radius 3 is 2.39 bits per heavy atom. The van der Waals surface area contributed by atoms with E-state index in [1.54, 1.807) is 12.0 Å². The van der Waals surface area contributed by atoms with E-state index >= 15 is 0 Å². The summed E-state index contributed by atoms with van der Waals surface area (Å²) in [4.78, 5) is 19.9. The number of benzene rings is 3. The topological polar surface area (TPSA) is 76.6 Å². The van der Waals surface area contributed by atoms with Gasteiger partial charge in [-0.1, -0.05) is 41.7 Å². The SMILES string of the molecule is COc1ccc2sc(N(Cc3ccccc3)C(=O)c3ccc(S(C)(=O)=O)cc3)nc2c1. The van der Waals surface area contributed by atoms with Crippen molar-refractivity contribution in [3.05, 3.63) is 83.9 Å². The molecule has 1 aromatic heterocycles. The standard InChI is InChI=1S/C23H20N2O4S2/c1-29-18-10-13-21-20(14-18)24-23(30-21)25(15-16-6-4-3-5-7-16)22(26)17-8-11-19(12-9-17)31(2,27)28/h3-14H,15H2,1-2H3. The van der Waals surface area contributed by atoms with Crippen LogP contribution in [0, 0.1) is 0 Å². The van der Waals surface area contributed by atoms with Gasteiger partial charge in [0.05, 0.1) is 28.8 Å². The Morgan fingerprint density at radius 2 is 1.74 bits per heavy atom. The van der Waals surface area contributed by atoms with Crippen LogP contribution in [0.3, 0.4) is 0 Å². The van der Waals surface area contributed by atoms with E-state index in [4.69, 9.17) is 4.74 Å². The molecule has 1 amide bonds. The third-order valence-corrected chi connectivity index (χ3v) is 6.96. The predicted octanol–water partition coefficient (Wildman–Crippen LogP) is 4.56. The van der Waals surface area contributed by atoms with E-state index in [0.29, 0.717) is 23.0 Å². The lowest BCUT2D eigenvalue weighted by atomic mass is 10.1. The number of sulfone groups is 1. The molecular weight excluding hydrogens is 432 g/mol. The molecule has 0 fully saturated rings. The van der Waals surface area contributed by atoms with Crippen molar-refractivity contribution in [3.63, 3.8) is 0 Å². The van der Waals surface area contributed by atoms with Crippen molar-refractivity contribution in [1.82, 2.24) is 4.98 Å². The maximum Gasteiger partial charge on any atom is 0.260 e. The summed E-state index contributed by atoms with van der Waals surface area (Å²) in [6.07, 6.45) is 1.14. The Bertz CT molecular complexity index is 1330. The fourth-order valence-corrected chi connectivity index (χ4v) is 4.70. The molecule has 158 valence electrons. The lowest BCUT2D eigenvalue weighted by Gasteiger charge is -2.20. The summed E-state index contributed by atoms with van der Waals surface area (Å²) in [6, 6.07) is 21.2. The number of methoxy groups -OCH3 is 1. The van der Waals surface area contributed by atoms with E-state index in [2.05, 4.69) is 4.98 Å². The number of anilines is 1. The number of hydrogen-bond donors (Lipinski definition) is 0. The zero-order valence-corrected chi connectivity index (χ0v) is 18.6. The lowest BCUT2D eigenvalue weighted by Crippen LogP contribution is -2.30. The number of thiazole rings is 1. The van der Waals surface area contributed by atoms with Gasteiger partial charge in [-0.3, -0.25) is 9.69 Å². The zero-order chi connectivity index (χ0) is 22.0. The summed E-state index contributed by atoms with van der Waals surface area (Å²) < 4.78 is 29.7. The summed E-state index contributed by atoms with van der Waals surface area (Å²) in [6.45, 7) is 0.338. The summed E-state index contributed by atoms with van der Waals surface area (Å²) in [5.74, 6) is 0.441. The third kappa shape index (κ3) is 4.60. The van der Waals surface area contributed by atoms with Gasteiger partial charge in [-0.25, -0.2) is 13.4 Å². The van der Waals surface area contributed by atoms with Crippen LogP contribution in [0.25, 0.3) is 10.2 Å². The Labute approximate surface area is 184 Å². The number of hydrogen-bond acceptors (Lipinski definition) is 6. The second kappa shape index (κ2) is 8.49. The molecule has 0 atom stereocenters. The van der Waals surface area contributed by atoms with E-state index in [-0.39, 0.29) is 10.8 Å². The van der Waals surface area contributed by atoms with Gasteiger partial charge in [0.1, 0.15) is 5.75 Å². The van der Waals surface area contributed by atoms with Gasteiger partial charge in [-0.15, -0.1) is 0 Å². The summed E-state index contributed by atoms with van der Waals surface area (Å²) >= 11 is 1.42. The maximum absolute atomic E-state index is 13.4. The van der Waals surface area contributed by atoms with Crippen molar-refractivity contribution in [2.75, 3.05) is 18.3 Å². The highest BCUT2D eigenvalue weighted by atomic mass is 32.2. The van der Waals surface area contributed by atoms with Crippen LogP contribution in [0.2, 0.25) is 0 Å². The first-order valence-electron chi connectivity index (χ1n) is 9.45. The molecule has 0 spiro atoms. The molecular formula is C23H20N2O4S2. The summed E-state index contributed by atoms with van der Waals surface area (Å²) in [7, 11) is -1.74. The van der Waals surface area contributed by atoms with E-state index in [9.17, 15) is 13.2 Å². The number of fused-ring (bicyclic) bond motifs is 1. The van der Waals surface area contributed by atoms with Crippen molar-refractivity contribution in [1.29, 1.82) is 0 Å². The van der Waals surface area contributed by atoms with Crippen LogP contribution in [0.4, 0.5) is 5.13 Å². The van der Waals surface area contributed by atoms with Crippen LogP contribution >= 0.6 is 11.3 Å². The van der Waals surface area contributed by atoms with Crippen LogP contribution in [0.15, 0.2) is 77.7 Å². The molecule has 0 aliphatic heterocycles. The Kier molecular flexibility index (Phi) is 5.75. The van der Waals surface area contributed by atoms with Crippen LogP contribution < -0.4 is 9.64 Å². The van der Waals surface area contributed by atoms with Gasteiger partial charge in [-0.05, 0) is 42.0 Å². The van der Waals surface area contributed by atoms with Crippen LogP contribution in [0.5, 0.6) is 5.75 Å². The van der Waals surface area contributed by atoms with Gasteiger partial charge in [0.2, 0.25) is 0 Å². The number of ether oxygens (including phenoxy) is 1. The molecule has 0 saturated heterocycles. The second-order valence-electron chi connectivity index (χ2n) is 7.00. The quantitative estimate of drug-likeness (QED) is 0.429. The minimum absolute atomic E-state index is 0.172. The maximum atomic E-state index is 13.4. The fourth-order valence-electron chi connectivity index (χ4n) is 3.13. The van der Waals surface area contributed by atoms with Gasteiger partial charge in [0.15, 0.2) is 15.0 Å². The van der Waals surface area contributed by atoms with Crippen molar-refractivity contribution < 1.29 is 17.9 Å². The number of carbonyl (C=O) groups excluding carboxylic acids is 1. The molecule has 31 heavy (non-hydrogen) atoms. The largest absolute Gasteiger partial charge is 0.497 e. The highest BCUT2D eigenvalue weighted by molar-refractivity contribution is 7.90. The Hall–Kier alpha value is -3.23. The van der Waals surface area contributed by atoms with E-state index in [0.717, 1.165) is 22.0 Å². The minimum Gasteiger partial charge on any atom is -0.497 e. The molecule has 4 rings (SSSR count). The molecule has 1 heterocycles. The molecule has 8 heteroatoms. The normalized spacial score (nSPS) is 11.4. The van der Waals surface area contributed by atoms with Crippen LogP contribution in [-0.4, -0.2) is 32.7 Å². The molecule has 0 aliphatic rings. The van der Waals surface area contributed by atoms with Crippen molar-refractivity contribution >= 4 is 42.4 Å². The number of carbonyl (C=O) groups is 1. The molecule has 4 aromatic rings. The first-order chi connectivity index (χ1) is 14.8.